The molecule has 0 fully saturated rings. The molecule has 6 nitrogen and oxygen atoms in total. The zero-order chi connectivity index (χ0) is 15.0. The fraction of sp³-hybridized carbons (Fsp3) is 0.538. The van der Waals surface area contributed by atoms with Crippen LogP contribution in [0.5, 0.6) is 5.75 Å². The monoisotopic (exact) mass is 302 g/mol. The third-order valence-corrected chi connectivity index (χ3v) is 4.09. The van der Waals surface area contributed by atoms with Crippen molar-refractivity contribution in [3.8, 4) is 5.75 Å². The first-order chi connectivity index (χ1) is 9.45. The molecule has 20 heavy (non-hydrogen) atoms. The van der Waals surface area contributed by atoms with E-state index in [1.165, 1.54) is 12.1 Å². The predicted molar refractivity (Wildman–Crippen MR) is 76.7 cm³/mol. The van der Waals surface area contributed by atoms with Crippen LogP contribution in [-0.4, -0.2) is 28.2 Å². The van der Waals surface area contributed by atoms with Gasteiger partial charge in [0.1, 0.15) is 19.0 Å². The van der Waals surface area contributed by atoms with Gasteiger partial charge in [0.05, 0.1) is 4.90 Å². The molecule has 0 radical (unpaired) electrons. The Morgan fingerprint density at radius 2 is 1.85 bits per heavy atom. The lowest BCUT2D eigenvalue weighted by Gasteiger charge is -2.09. The second-order valence-electron chi connectivity index (χ2n) is 4.77. The summed E-state index contributed by atoms with van der Waals surface area (Å²) in [5.74, 6) is 5.90. The lowest BCUT2D eigenvalue weighted by molar-refractivity contribution is 0.102. The quantitative estimate of drug-likeness (QED) is 0.530. The molecule has 3 N–H and O–H groups in total. The molecule has 0 aromatic heterocycles. The van der Waals surface area contributed by atoms with Crippen molar-refractivity contribution < 1.29 is 18.0 Å². The molecule has 0 unspecified atom stereocenters. The van der Waals surface area contributed by atoms with Crippen molar-refractivity contribution >= 4 is 10.0 Å². The second kappa shape index (κ2) is 8.21. The first-order valence-corrected chi connectivity index (χ1v) is 7.98. The second-order valence-corrected chi connectivity index (χ2v) is 6.54. The zero-order valence-corrected chi connectivity index (χ0v) is 12.7. The van der Waals surface area contributed by atoms with Crippen LogP contribution < -0.4 is 15.4 Å². The number of hydrogen-bond donors (Lipinski definition) is 2. The molecular weight excluding hydrogens is 280 g/mol. The first kappa shape index (κ1) is 16.9. The van der Waals surface area contributed by atoms with Gasteiger partial charge >= 0.3 is 0 Å². The summed E-state index contributed by atoms with van der Waals surface area (Å²) in [6.07, 6.45) is 0.805. The van der Waals surface area contributed by atoms with Crippen LogP contribution in [0.25, 0.3) is 0 Å². The highest BCUT2D eigenvalue weighted by atomic mass is 32.2. The summed E-state index contributed by atoms with van der Waals surface area (Å²) < 4.78 is 31.9. The Kier molecular flexibility index (Phi) is 6.94. The highest BCUT2D eigenvalue weighted by Gasteiger charge is 2.13. The third-order valence-electron chi connectivity index (χ3n) is 2.62. The Labute approximate surface area is 120 Å². The molecule has 0 aliphatic heterocycles. The van der Waals surface area contributed by atoms with Crippen LogP contribution in [0.1, 0.15) is 20.3 Å². The molecule has 0 aliphatic rings. The molecule has 0 amide bonds. The van der Waals surface area contributed by atoms with Crippen molar-refractivity contribution in [1.82, 2.24) is 4.72 Å². The summed E-state index contributed by atoms with van der Waals surface area (Å²) in [5, 5.41) is 0. The van der Waals surface area contributed by atoms with E-state index in [1.807, 2.05) is 13.8 Å². The van der Waals surface area contributed by atoms with E-state index in [2.05, 4.69) is 9.56 Å². The van der Waals surface area contributed by atoms with Crippen LogP contribution in [0.2, 0.25) is 0 Å². The standard InChI is InChI=1S/C13H22N2O4S/c1-11(2)7-8-15-20(16,17)13-5-3-12(4-6-13)18-9-10-19-14/h3-6,11,15H,7-10,14H2,1-2H3. The van der Waals surface area contributed by atoms with E-state index in [0.29, 0.717) is 24.8 Å². The lowest BCUT2D eigenvalue weighted by Crippen LogP contribution is -2.25. The lowest BCUT2D eigenvalue weighted by atomic mass is 10.1. The number of rotatable bonds is 9. The van der Waals surface area contributed by atoms with Gasteiger partial charge in [-0.05, 0) is 36.6 Å². The van der Waals surface area contributed by atoms with Crippen molar-refractivity contribution in [3.05, 3.63) is 24.3 Å². The molecule has 0 spiro atoms. The van der Waals surface area contributed by atoms with Gasteiger partial charge in [-0.15, -0.1) is 0 Å². The maximum absolute atomic E-state index is 12.0. The molecule has 7 heteroatoms. The number of nitrogens with one attached hydrogen (secondary N) is 1. The van der Waals surface area contributed by atoms with Gasteiger partial charge in [0.2, 0.25) is 10.0 Å². The summed E-state index contributed by atoms with van der Waals surface area (Å²) in [6.45, 7) is 5.12. The Morgan fingerprint density at radius 1 is 1.20 bits per heavy atom. The maximum atomic E-state index is 12.0. The van der Waals surface area contributed by atoms with Crippen molar-refractivity contribution in [2.45, 2.75) is 25.2 Å². The fourth-order valence-corrected chi connectivity index (χ4v) is 2.54. The van der Waals surface area contributed by atoms with Gasteiger partial charge in [-0.25, -0.2) is 19.0 Å². The SMILES string of the molecule is CC(C)CCNS(=O)(=O)c1ccc(OCCON)cc1. The molecule has 1 aromatic carbocycles. The molecule has 0 atom stereocenters. The van der Waals surface area contributed by atoms with Crippen molar-refractivity contribution in [1.29, 1.82) is 0 Å². The van der Waals surface area contributed by atoms with Gasteiger partial charge in [0.25, 0.3) is 0 Å². The minimum Gasteiger partial charge on any atom is -0.491 e. The summed E-state index contributed by atoms with van der Waals surface area (Å²) >= 11 is 0. The van der Waals surface area contributed by atoms with E-state index in [-0.39, 0.29) is 11.5 Å². The number of hydrogen-bond acceptors (Lipinski definition) is 5. The van der Waals surface area contributed by atoms with E-state index in [1.54, 1.807) is 12.1 Å². The molecule has 0 saturated carbocycles. The highest BCUT2D eigenvalue weighted by Crippen LogP contribution is 2.16. The van der Waals surface area contributed by atoms with E-state index in [0.717, 1.165) is 6.42 Å². The van der Waals surface area contributed by atoms with Crippen LogP contribution in [0.4, 0.5) is 0 Å². The maximum Gasteiger partial charge on any atom is 0.240 e. The largest absolute Gasteiger partial charge is 0.491 e. The summed E-state index contributed by atoms with van der Waals surface area (Å²) in [7, 11) is -3.45. The molecule has 0 aliphatic carbocycles. The predicted octanol–water partition coefficient (Wildman–Crippen LogP) is 1.28. The normalized spacial score (nSPS) is 11.8. The zero-order valence-electron chi connectivity index (χ0n) is 11.8. The average Bonchev–Trinajstić information content (AvgIpc) is 2.39. The fourth-order valence-electron chi connectivity index (χ4n) is 1.49. The van der Waals surface area contributed by atoms with Crippen molar-refractivity contribution in [2.24, 2.45) is 11.8 Å². The topological polar surface area (TPSA) is 90.7 Å². The average molecular weight is 302 g/mol. The van der Waals surface area contributed by atoms with Crippen LogP contribution in [0.3, 0.4) is 0 Å². The smallest absolute Gasteiger partial charge is 0.240 e. The Morgan fingerprint density at radius 3 is 2.40 bits per heavy atom. The van der Waals surface area contributed by atoms with Gasteiger partial charge in [-0.1, -0.05) is 13.8 Å². The van der Waals surface area contributed by atoms with Crippen molar-refractivity contribution in [3.63, 3.8) is 0 Å². The molecule has 0 bridgehead atoms. The van der Waals surface area contributed by atoms with Crippen LogP contribution in [-0.2, 0) is 14.9 Å². The summed E-state index contributed by atoms with van der Waals surface area (Å²) in [5.41, 5.74) is 0. The van der Waals surface area contributed by atoms with Gasteiger partial charge in [-0.3, -0.25) is 0 Å². The van der Waals surface area contributed by atoms with Gasteiger partial charge in [-0.2, -0.15) is 0 Å². The number of nitrogens with two attached hydrogens (primary N) is 1. The Balaban J connectivity index is 2.57. The van der Waals surface area contributed by atoms with E-state index in [4.69, 9.17) is 10.6 Å². The van der Waals surface area contributed by atoms with Gasteiger partial charge in [0, 0.05) is 6.54 Å². The highest BCUT2D eigenvalue weighted by molar-refractivity contribution is 7.89. The van der Waals surface area contributed by atoms with E-state index < -0.39 is 10.0 Å². The third kappa shape index (κ3) is 5.87. The summed E-state index contributed by atoms with van der Waals surface area (Å²) in [6, 6.07) is 6.23. The van der Waals surface area contributed by atoms with Crippen LogP contribution in [0, 0.1) is 5.92 Å². The van der Waals surface area contributed by atoms with Crippen LogP contribution >= 0.6 is 0 Å². The summed E-state index contributed by atoms with van der Waals surface area (Å²) in [4.78, 5) is 4.60. The molecule has 1 aromatic rings. The number of ether oxygens (including phenoxy) is 1. The minimum absolute atomic E-state index is 0.226. The van der Waals surface area contributed by atoms with E-state index in [9.17, 15) is 8.42 Å². The Hall–Kier alpha value is -1.15. The number of benzene rings is 1. The Bertz CT molecular complexity index is 486. The molecule has 114 valence electrons. The van der Waals surface area contributed by atoms with Gasteiger partial charge < -0.3 is 9.57 Å². The van der Waals surface area contributed by atoms with E-state index >= 15 is 0 Å². The molecule has 0 heterocycles. The first-order valence-electron chi connectivity index (χ1n) is 6.50. The minimum atomic E-state index is -3.45. The molecule has 1 rings (SSSR count). The number of sulfonamides is 1. The van der Waals surface area contributed by atoms with Crippen LogP contribution in [0.15, 0.2) is 29.2 Å². The van der Waals surface area contributed by atoms with Gasteiger partial charge in [0.15, 0.2) is 0 Å². The molecular formula is C13H22N2O4S. The molecule has 0 saturated heterocycles. The van der Waals surface area contributed by atoms with Crippen molar-refractivity contribution in [2.75, 3.05) is 19.8 Å².